The quantitative estimate of drug-likeness (QED) is 0.795. The van der Waals surface area contributed by atoms with E-state index in [-0.39, 0.29) is 11.1 Å². The molecule has 2 rings (SSSR count). The van der Waals surface area contributed by atoms with Crippen molar-refractivity contribution in [2.45, 2.75) is 89.4 Å². The van der Waals surface area contributed by atoms with Gasteiger partial charge in [0.2, 0.25) is 0 Å². The molecule has 2 nitrogen and oxygen atoms in total. The Bertz CT molecular complexity index is 248. The Morgan fingerprint density at radius 3 is 1.82 bits per heavy atom. The van der Waals surface area contributed by atoms with Gasteiger partial charge in [-0.1, -0.05) is 12.8 Å². The Morgan fingerprint density at radius 2 is 1.35 bits per heavy atom. The van der Waals surface area contributed by atoms with Crippen LogP contribution in [0, 0.1) is 0 Å². The predicted molar refractivity (Wildman–Crippen MR) is 74.3 cm³/mol. The first-order valence-corrected chi connectivity index (χ1v) is 7.30. The highest BCUT2D eigenvalue weighted by atomic mass is 15.2. The second-order valence-electron chi connectivity index (χ2n) is 7.56. The van der Waals surface area contributed by atoms with Crippen molar-refractivity contribution in [1.29, 1.82) is 0 Å². The molecule has 1 heterocycles. The molecule has 1 saturated carbocycles. The highest BCUT2D eigenvalue weighted by molar-refractivity contribution is 5.00. The smallest absolute Gasteiger partial charge is 0.0145 e. The fourth-order valence-corrected chi connectivity index (χ4v) is 4.17. The van der Waals surface area contributed by atoms with E-state index in [1.807, 2.05) is 0 Å². The van der Waals surface area contributed by atoms with Crippen LogP contribution in [0.4, 0.5) is 0 Å². The summed E-state index contributed by atoms with van der Waals surface area (Å²) >= 11 is 0. The van der Waals surface area contributed by atoms with E-state index in [4.69, 9.17) is 0 Å². The van der Waals surface area contributed by atoms with Gasteiger partial charge in [-0.3, -0.25) is 0 Å². The van der Waals surface area contributed by atoms with E-state index in [0.717, 1.165) is 12.1 Å². The van der Waals surface area contributed by atoms with Crippen LogP contribution in [0.1, 0.15) is 66.2 Å². The van der Waals surface area contributed by atoms with E-state index in [9.17, 15) is 0 Å². The zero-order valence-corrected chi connectivity index (χ0v) is 12.3. The van der Waals surface area contributed by atoms with Crippen molar-refractivity contribution in [3.8, 4) is 0 Å². The summed E-state index contributed by atoms with van der Waals surface area (Å²) in [7, 11) is 2.36. The third-order valence-electron chi connectivity index (χ3n) is 4.65. The third kappa shape index (κ3) is 3.23. The fourth-order valence-electron chi connectivity index (χ4n) is 4.17. The molecule has 1 aliphatic carbocycles. The highest BCUT2D eigenvalue weighted by Crippen LogP contribution is 2.34. The number of nitrogens with zero attached hydrogens (tertiary/aromatic N) is 1. The van der Waals surface area contributed by atoms with Gasteiger partial charge in [0.15, 0.2) is 0 Å². The number of piperidine rings is 1. The molecular weight excluding hydrogens is 208 g/mol. The lowest BCUT2D eigenvalue weighted by atomic mass is 9.78. The van der Waals surface area contributed by atoms with Gasteiger partial charge in [-0.2, -0.15) is 0 Å². The van der Waals surface area contributed by atoms with E-state index in [1.165, 1.54) is 38.5 Å². The Morgan fingerprint density at radius 1 is 0.882 bits per heavy atom. The molecule has 0 atom stereocenters. The molecule has 0 spiro atoms. The first-order chi connectivity index (χ1) is 7.79. The van der Waals surface area contributed by atoms with Crippen LogP contribution < -0.4 is 5.32 Å². The SMILES string of the molecule is CN(C1CCCC1)C1CC(C)(C)NC(C)(C)C1. The van der Waals surface area contributed by atoms with Crippen LogP contribution in [-0.2, 0) is 0 Å². The van der Waals surface area contributed by atoms with Crippen molar-refractivity contribution in [2.75, 3.05) is 7.05 Å². The van der Waals surface area contributed by atoms with Crippen molar-refractivity contribution in [1.82, 2.24) is 10.2 Å². The van der Waals surface area contributed by atoms with Crippen molar-refractivity contribution in [3.05, 3.63) is 0 Å². The Hall–Kier alpha value is -0.0800. The average molecular weight is 238 g/mol. The minimum atomic E-state index is 0.277. The molecule has 0 aromatic heterocycles. The lowest BCUT2D eigenvalue weighted by Gasteiger charge is -2.50. The summed E-state index contributed by atoms with van der Waals surface area (Å²) in [6, 6.07) is 1.61. The molecule has 0 bridgehead atoms. The van der Waals surface area contributed by atoms with E-state index < -0.39 is 0 Å². The van der Waals surface area contributed by atoms with Gasteiger partial charge < -0.3 is 10.2 Å². The molecule has 0 aromatic rings. The molecular formula is C15H30N2. The number of nitrogens with one attached hydrogen (secondary N) is 1. The van der Waals surface area contributed by atoms with E-state index >= 15 is 0 Å². The van der Waals surface area contributed by atoms with Gasteiger partial charge in [0.25, 0.3) is 0 Å². The lowest BCUT2D eigenvalue weighted by molar-refractivity contribution is 0.0584. The zero-order valence-electron chi connectivity index (χ0n) is 12.3. The molecule has 0 radical (unpaired) electrons. The molecule has 1 aliphatic heterocycles. The van der Waals surface area contributed by atoms with Gasteiger partial charge in [-0.05, 0) is 60.4 Å². The number of rotatable bonds is 2. The Kier molecular flexibility index (Phi) is 3.57. The summed E-state index contributed by atoms with van der Waals surface area (Å²) < 4.78 is 0. The maximum atomic E-state index is 3.78. The van der Waals surface area contributed by atoms with E-state index in [1.54, 1.807) is 0 Å². The van der Waals surface area contributed by atoms with Crippen molar-refractivity contribution in [2.24, 2.45) is 0 Å². The standard InChI is InChI=1S/C15H30N2/c1-14(2)10-13(11-15(3,4)16-14)17(5)12-8-6-7-9-12/h12-13,16H,6-11H2,1-5H3. The number of hydrogen-bond acceptors (Lipinski definition) is 2. The second kappa shape index (κ2) is 4.55. The van der Waals surface area contributed by atoms with Gasteiger partial charge in [0.05, 0.1) is 0 Å². The summed E-state index contributed by atoms with van der Waals surface area (Å²) in [5.41, 5.74) is 0.554. The summed E-state index contributed by atoms with van der Waals surface area (Å²) in [6.45, 7) is 9.40. The normalized spacial score (nSPS) is 30.0. The summed E-state index contributed by atoms with van der Waals surface area (Å²) in [4.78, 5) is 2.69. The molecule has 2 heteroatoms. The minimum absolute atomic E-state index is 0.277. The Labute approximate surface area is 107 Å². The number of hydrogen-bond donors (Lipinski definition) is 1. The van der Waals surface area contributed by atoms with Crippen molar-refractivity contribution < 1.29 is 0 Å². The molecule has 1 saturated heterocycles. The minimum Gasteiger partial charge on any atom is -0.307 e. The summed E-state index contributed by atoms with van der Waals surface area (Å²) in [5, 5.41) is 3.78. The summed E-state index contributed by atoms with van der Waals surface area (Å²) in [6.07, 6.45) is 8.27. The van der Waals surface area contributed by atoms with Gasteiger partial charge >= 0.3 is 0 Å². The largest absolute Gasteiger partial charge is 0.307 e. The van der Waals surface area contributed by atoms with Crippen LogP contribution in [0.3, 0.4) is 0 Å². The van der Waals surface area contributed by atoms with Gasteiger partial charge in [0, 0.05) is 23.2 Å². The van der Waals surface area contributed by atoms with Crippen LogP contribution in [0.25, 0.3) is 0 Å². The highest BCUT2D eigenvalue weighted by Gasteiger charge is 2.40. The van der Waals surface area contributed by atoms with Crippen LogP contribution in [0.2, 0.25) is 0 Å². The predicted octanol–water partition coefficient (Wildman–Crippen LogP) is 3.17. The summed E-state index contributed by atoms with van der Waals surface area (Å²) in [5.74, 6) is 0. The van der Waals surface area contributed by atoms with Crippen LogP contribution >= 0.6 is 0 Å². The molecule has 0 unspecified atom stereocenters. The average Bonchev–Trinajstić information content (AvgIpc) is 2.63. The molecule has 2 aliphatic rings. The van der Waals surface area contributed by atoms with Crippen LogP contribution in [-0.4, -0.2) is 35.1 Å². The molecule has 2 fully saturated rings. The fraction of sp³-hybridized carbons (Fsp3) is 1.00. The molecule has 0 aromatic carbocycles. The second-order valence-corrected chi connectivity index (χ2v) is 7.56. The first kappa shape index (κ1) is 13.4. The molecule has 0 amide bonds. The van der Waals surface area contributed by atoms with Crippen LogP contribution in [0.5, 0.6) is 0 Å². The first-order valence-electron chi connectivity index (χ1n) is 7.30. The van der Waals surface area contributed by atoms with Gasteiger partial charge in [-0.25, -0.2) is 0 Å². The van der Waals surface area contributed by atoms with Gasteiger partial charge in [0.1, 0.15) is 0 Å². The maximum absolute atomic E-state index is 3.78. The molecule has 1 N–H and O–H groups in total. The molecule has 100 valence electrons. The maximum Gasteiger partial charge on any atom is 0.0145 e. The monoisotopic (exact) mass is 238 g/mol. The third-order valence-corrected chi connectivity index (χ3v) is 4.65. The molecule has 17 heavy (non-hydrogen) atoms. The van der Waals surface area contributed by atoms with Gasteiger partial charge in [-0.15, -0.1) is 0 Å². The lowest BCUT2D eigenvalue weighted by Crippen LogP contribution is -2.62. The van der Waals surface area contributed by atoms with Crippen LogP contribution in [0.15, 0.2) is 0 Å². The zero-order chi connectivity index (χ0) is 12.7. The van der Waals surface area contributed by atoms with E-state index in [0.29, 0.717) is 0 Å². The Balaban J connectivity index is 2.04. The van der Waals surface area contributed by atoms with Crippen molar-refractivity contribution >= 4 is 0 Å². The van der Waals surface area contributed by atoms with Crippen molar-refractivity contribution in [3.63, 3.8) is 0 Å². The van der Waals surface area contributed by atoms with E-state index in [2.05, 4.69) is 45.0 Å². The topological polar surface area (TPSA) is 15.3 Å².